The number of aromatic nitrogens is 2. The Morgan fingerprint density at radius 2 is 1.65 bits per heavy atom. The van der Waals surface area contributed by atoms with Crippen molar-refractivity contribution in [1.82, 2.24) is 14.9 Å². The van der Waals surface area contributed by atoms with Crippen molar-refractivity contribution in [3.8, 4) is 0 Å². The molecule has 4 aliphatic rings. The van der Waals surface area contributed by atoms with Crippen LogP contribution in [0.1, 0.15) is 23.5 Å². The number of fused-ring (bicyclic) bond motifs is 16. The van der Waals surface area contributed by atoms with Crippen LogP contribution >= 0.6 is 0 Å². The summed E-state index contributed by atoms with van der Waals surface area (Å²) in [4.78, 5) is 19.2. The van der Waals surface area contributed by atoms with Crippen molar-refractivity contribution in [1.29, 1.82) is 0 Å². The Hall–Kier alpha value is -4.78. The minimum Gasteiger partial charge on any atom is -0.454 e. The van der Waals surface area contributed by atoms with E-state index in [0.29, 0.717) is 0 Å². The summed E-state index contributed by atoms with van der Waals surface area (Å²) in [7, 11) is 4.35. The first-order valence-electron chi connectivity index (χ1n) is 13.8. The number of rotatable bonds is 0. The maximum absolute atomic E-state index is 6.61. The van der Waals surface area contributed by atoms with Crippen LogP contribution in [0.4, 0.5) is 23.0 Å². The van der Waals surface area contributed by atoms with Gasteiger partial charge in [0.25, 0.3) is 0 Å². The molecule has 0 aliphatic carbocycles. The summed E-state index contributed by atoms with van der Waals surface area (Å²) in [5, 5.41) is 2.27. The number of allylic oxidation sites excluding steroid dienone is 1. The predicted molar refractivity (Wildman–Crippen MR) is 160 cm³/mol. The monoisotopic (exact) mass is 524 g/mol. The number of hydrogen-bond donors (Lipinski definition) is 0. The molecule has 0 saturated carbocycles. The van der Waals surface area contributed by atoms with Crippen molar-refractivity contribution >= 4 is 50.5 Å². The second kappa shape index (κ2) is 7.66. The molecule has 7 heteroatoms. The summed E-state index contributed by atoms with van der Waals surface area (Å²) in [6, 6.07) is 21.6. The fraction of sp³-hybridized carbons (Fsp3) is 0.212. The molecule has 0 bridgehead atoms. The van der Waals surface area contributed by atoms with E-state index in [2.05, 4.69) is 101 Å². The third kappa shape index (κ3) is 2.64. The summed E-state index contributed by atoms with van der Waals surface area (Å²) in [5.74, 6) is 2.27. The molecule has 0 N–H and O–H groups in total. The molecule has 7 nitrogen and oxygen atoms in total. The number of benzene rings is 3. The zero-order valence-electron chi connectivity index (χ0n) is 22.4. The predicted octanol–water partition coefficient (Wildman–Crippen LogP) is 6.67. The largest absolute Gasteiger partial charge is 0.454 e. The molecule has 4 atom stereocenters. The van der Waals surface area contributed by atoms with Gasteiger partial charge in [0.2, 0.25) is 0 Å². The summed E-state index contributed by atoms with van der Waals surface area (Å²) in [6.07, 6.45) is 8.95. The Morgan fingerprint density at radius 1 is 0.850 bits per heavy atom. The molecule has 0 saturated heterocycles. The lowest BCUT2D eigenvalue weighted by Gasteiger charge is -2.52. The van der Waals surface area contributed by atoms with E-state index in [9.17, 15) is 0 Å². The Balaban J connectivity index is 1.32. The number of furan rings is 1. The lowest BCUT2D eigenvalue weighted by molar-refractivity contribution is 0.186. The number of anilines is 4. The van der Waals surface area contributed by atoms with E-state index >= 15 is 0 Å². The van der Waals surface area contributed by atoms with E-state index < -0.39 is 0 Å². The van der Waals surface area contributed by atoms with Gasteiger partial charge >= 0.3 is 0 Å². The first-order chi connectivity index (χ1) is 19.6. The van der Waals surface area contributed by atoms with E-state index in [0.717, 1.165) is 56.8 Å². The molecule has 2 aromatic heterocycles. The van der Waals surface area contributed by atoms with Crippen molar-refractivity contribution in [2.75, 3.05) is 28.8 Å². The lowest BCUT2D eigenvalue weighted by atomic mass is 9.72. The summed E-state index contributed by atoms with van der Waals surface area (Å²) >= 11 is 0. The van der Waals surface area contributed by atoms with Gasteiger partial charge in [0.15, 0.2) is 17.2 Å². The topological polar surface area (TPSA) is 51.9 Å². The second-order valence-corrected chi connectivity index (χ2v) is 11.4. The molecule has 9 rings (SSSR count). The fourth-order valence-corrected chi connectivity index (χ4v) is 7.80. The van der Waals surface area contributed by atoms with Crippen LogP contribution < -0.4 is 14.7 Å². The van der Waals surface area contributed by atoms with Crippen molar-refractivity contribution in [3.63, 3.8) is 0 Å². The van der Waals surface area contributed by atoms with Gasteiger partial charge in [-0.1, -0.05) is 49.0 Å². The van der Waals surface area contributed by atoms with Crippen molar-refractivity contribution in [2.24, 2.45) is 5.92 Å². The molecule has 3 aromatic carbocycles. The molecule has 0 amide bonds. The van der Waals surface area contributed by atoms with Gasteiger partial charge in [-0.3, -0.25) is 0 Å². The van der Waals surface area contributed by atoms with Gasteiger partial charge in [-0.15, -0.1) is 0 Å². The van der Waals surface area contributed by atoms with Crippen LogP contribution in [0.3, 0.4) is 0 Å². The number of nitrogens with zero attached hydrogens (tertiary/aromatic N) is 6. The zero-order chi connectivity index (χ0) is 26.7. The molecule has 4 unspecified atom stereocenters. The fourth-order valence-electron chi connectivity index (χ4n) is 7.80. The minimum absolute atomic E-state index is 0.0383. The van der Waals surface area contributed by atoms with Gasteiger partial charge < -0.3 is 24.0 Å². The maximum Gasteiger partial charge on any atom is 0.178 e. The van der Waals surface area contributed by atoms with Gasteiger partial charge in [0.1, 0.15) is 17.9 Å². The Morgan fingerprint density at radius 3 is 2.55 bits per heavy atom. The molecule has 196 valence electrons. The van der Waals surface area contributed by atoms with Gasteiger partial charge in [-0.25, -0.2) is 9.97 Å². The van der Waals surface area contributed by atoms with Gasteiger partial charge in [-0.2, -0.15) is 0 Å². The first kappa shape index (κ1) is 22.1. The third-order valence-corrected chi connectivity index (χ3v) is 9.42. The highest BCUT2D eigenvalue weighted by Gasteiger charge is 2.55. The SMILES string of the molecule is C=C1CC2c3ccccc3N3c4nccnc4N(C)C3C2C2N(C)C=CN2c2c1ccc1c2oc2ccccc21. The molecule has 0 fully saturated rings. The zero-order valence-corrected chi connectivity index (χ0v) is 22.4. The second-order valence-electron chi connectivity index (χ2n) is 11.4. The Labute approximate surface area is 232 Å². The number of para-hydroxylation sites is 2. The van der Waals surface area contributed by atoms with Crippen LogP contribution in [0.15, 0.2) is 96.5 Å². The lowest BCUT2D eigenvalue weighted by Crippen LogP contribution is -2.59. The summed E-state index contributed by atoms with van der Waals surface area (Å²) in [5.41, 5.74) is 7.76. The summed E-state index contributed by atoms with van der Waals surface area (Å²) in [6.45, 7) is 4.70. The average Bonchev–Trinajstić information content (AvgIpc) is 3.63. The molecular weight excluding hydrogens is 496 g/mol. The Bertz CT molecular complexity index is 1910. The van der Waals surface area contributed by atoms with Crippen LogP contribution in [0.5, 0.6) is 0 Å². The Kier molecular flexibility index (Phi) is 4.23. The molecule has 40 heavy (non-hydrogen) atoms. The quantitative estimate of drug-likeness (QED) is 0.224. The molecular formula is C33H28N6O. The highest BCUT2D eigenvalue weighted by atomic mass is 16.3. The highest BCUT2D eigenvalue weighted by molar-refractivity contribution is 6.11. The number of hydrogen-bond acceptors (Lipinski definition) is 7. The average molecular weight is 525 g/mol. The van der Waals surface area contributed by atoms with Crippen molar-refractivity contribution < 1.29 is 4.42 Å². The van der Waals surface area contributed by atoms with E-state index in [1.807, 2.05) is 6.07 Å². The molecule has 0 spiro atoms. The smallest absolute Gasteiger partial charge is 0.178 e. The molecule has 4 aliphatic heterocycles. The van der Waals surface area contributed by atoms with E-state index in [1.165, 1.54) is 11.3 Å². The molecule has 5 aromatic rings. The van der Waals surface area contributed by atoms with Crippen LogP contribution in [-0.2, 0) is 0 Å². The third-order valence-electron chi connectivity index (χ3n) is 9.42. The highest BCUT2D eigenvalue weighted by Crippen LogP contribution is 2.58. The van der Waals surface area contributed by atoms with E-state index in [-0.39, 0.29) is 24.2 Å². The van der Waals surface area contributed by atoms with Crippen molar-refractivity contribution in [2.45, 2.75) is 24.7 Å². The van der Waals surface area contributed by atoms with Crippen LogP contribution in [0.2, 0.25) is 0 Å². The van der Waals surface area contributed by atoms with Gasteiger partial charge in [-0.05, 0) is 35.8 Å². The van der Waals surface area contributed by atoms with Crippen molar-refractivity contribution in [3.05, 3.63) is 103 Å². The molecule has 0 radical (unpaired) electrons. The van der Waals surface area contributed by atoms with Crippen LogP contribution in [0.25, 0.3) is 27.5 Å². The van der Waals surface area contributed by atoms with Gasteiger partial charge in [0.05, 0.1) is 5.69 Å². The first-order valence-corrected chi connectivity index (χ1v) is 13.8. The maximum atomic E-state index is 6.61. The molecule has 6 heterocycles. The normalized spacial score (nSPS) is 24.4. The van der Waals surface area contributed by atoms with E-state index in [1.54, 1.807) is 12.4 Å². The van der Waals surface area contributed by atoms with Gasteiger partial charge in [0, 0.05) is 72.7 Å². The van der Waals surface area contributed by atoms with E-state index in [4.69, 9.17) is 21.0 Å². The summed E-state index contributed by atoms with van der Waals surface area (Å²) < 4.78 is 6.61. The minimum atomic E-state index is 0.0383. The van der Waals surface area contributed by atoms with Crippen LogP contribution in [0, 0.1) is 5.92 Å². The standard InChI is InChI=1S/C33H28N6O/c1-19-18-24-21-8-4-6-10-25(21)39-31-30(34-14-15-35-31)37(3)33(39)27(24)32-36(2)16-17-38(32)28-20(19)12-13-23-22-9-5-7-11-26(22)40-29(23)28/h4-17,24,27,32-33H,1,18H2,2-3H3. The van der Waals surface area contributed by atoms with Crippen LogP contribution in [-0.4, -0.2) is 41.3 Å².